The molecule has 16 heavy (non-hydrogen) atoms. The van der Waals surface area contributed by atoms with Gasteiger partial charge < -0.3 is 14.8 Å². The van der Waals surface area contributed by atoms with Crippen LogP contribution in [0.1, 0.15) is 25.5 Å². The van der Waals surface area contributed by atoms with Crippen molar-refractivity contribution in [1.82, 2.24) is 10.3 Å². The Balaban J connectivity index is 2.77. The molecule has 0 amide bonds. The lowest BCUT2D eigenvalue weighted by atomic mass is 10.1. The van der Waals surface area contributed by atoms with Crippen molar-refractivity contribution >= 4 is 0 Å². The Hall–Kier alpha value is -0.970. The third-order valence-electron chi connectivity index (χ3n) is 2.29. The molecule has 0 spiro atoms. The molecule has 4 nitrogen and oxygen atoms in total. The fraction of sp³-hybridized carbons (Fsp3) is 0.583. The van der Waals surface area contributed by atoms with Crippen molar-refractivity contribution in [3.8, 4) is 0 Å². The zero-order chi connectivity index (χ0) is 11.8. The van der Waals surface area contributed by atoms with Crippen LogP contribution in [0.3, 0.4) is 0 Å². The van der Waals surface area contributed by atoms with Crippen molar-refractivity contribution < 1.29 is 9.47 Å². The molecule has 1 aromatic rings. The molecule has 90 valence electrons. The van der Waals surface area contributed by atoms with Crippen LogP contribution in [0.2, 0.25) is 0 Å². The van der Waals surface area contributed by atoms with Crippen LogP contribution in [0.25, 0.3) is 0 Å². The Morgan fingerprint density at radius 3 is 2.44 bits per heavy atom. The van der Waals surface area contributed by atoms with Gasteiger partial charge in [-0.05, 0) is 32.5 Å². The number of aromatic nitrogens is 1. The highest BCUT2D eigenvalue weighted by Crippen LogP contribution is 2.18. The van der Waals surface area contributed by atoms with E-state index in [1.54, 1.807) is 6.20 Å². The number of rotatable bonds is 7. The van der Waals surface area contributed by atoms with Crippen molar-refractivity contribution in [2.45, 2.75) is 26.2 Å². The minimum atomic E-state index is -0.274. The van der Waals surface area contributed by atoms with Gasteiger partial charge >= 0.3 is 0 Å². The Kier molecular flexibility index (Phi) is 6.00. The number of hydrogen-bond acceptors (Lipinski definition) is 4. The van der Waals surface area contributed by atoms with E-state index in [1.807, 2.05) is 39.2 Å². The van der Waals surface area contributed by atoms with Crippen LogP contribution in [-0.2, 0) is 9.47 Å². The third kappa shape index (κ3) is 3.56. The molecule has 0 fully saturated rings. The molecule has 0 aliphatic carbocycles. The molecule has 1 heterocycles. The first-order valence-electron chi connectivity index (χ1n) is 5.63. The monoisotopic (exact) mass is 224 g/mol. The SMILES string of the molecule is CCOC(OCC)C(NC)c1cccnc1. The first-order chi connectivity index (χ1) is 7.83. The van der Waals surface area contributed by atoms with Gasteiger partial charge in [0, 0.05) is 25.6 Å². The van der Waals surface area contributed by atoms with Crippen LogP contribution < -0.4 is 5.32 Å². The Morgan fingerprint density at radius 1 is 1.31 bits per heavy atom. The number of nitrogens with one attached hydrogen (secondary N) is 1. The third-order valence-corrected chi connectivity index (χ3v) is 2.29. The van der Waals surface area contributed by atoms with Gasteiger partial charge in [-0.3, -0.25) is 4.98 Å². The first kappa shape index (κ1) is 13.1. The molecule has 0 bridgehead atoms. The maximum Gasteiger partial charge on any atom is 0.176 e. The zero-order valence-electron chi connectivity index (χ0n) is 10.1. The standard InChI is InChI=1S/C12H20N2O2/c1-4-15-12(16-5-2)11(13-3)10-7-6-8-14-9-10/h6-9,11-13H,4-5H2,1-3H3. The average molecular weight is 224 g/mol. The summed E-state index contributed by atoms with van der Waals surface area (Å²) in [6, 6.07) is 3.93. The van der Waals surface area contributed by atoms with Gasteiger partial charge in [-0.25, -0.2) is 0 Å². The quantitative estimate of drug-likeness (QED) is 0.716. The van der Waals surface area contributed by atoms with Crippen LogP contribution in [0.4, 0.5) is 0 Å². The van der Waals surface area contributed by atoms with E-state index < -0.39 is 0 Å². The summed E-state index contributed by atoms with van der Waals surface area (Å²) in [6.07, 6.45) is 3.31. The molecule has 1 rings (SSSR count). The number of ether oxygens (including phenoxy) is 2. The van der Waals surface area contributed by atoms with Crippen LogP contribution in [-0.4, -0.2) is 31.5 Å². The van der Waals surface area contributed by atoms with Crippen LogP contribution >= 0.6 is 0 Å². The highest BCUT2D eigenvalue weighted by molar-refractivity contribution is 5.14. The molecule has 0 aliphatic heterocycles. The van der Waals surface area contributed by atoms with Gasteiger partial charge in [0.05, 0.1) is 6.04 Å². The second kappa shape index (κ2) is 7.33. The van der Waals surface area contributed by atoms with E-state index in [4.69, 9.17) is 9.47 Å². The summed E-state index contributed by atoms with van der Waals surface area (Å²) in [5, 5.41) is 3.20. The molecule has 1 unspecified atom stereocenters. The highest BCUT2D eigenvalue weighted by Gasteiger charge is 2.22. The van der Waals surface area contributed by atoms with Crippen molar-refractivity contribution in [1.29, 1.82) is 0 Å². The summed E-state index contributed by atoms with van der Waals surface area (Å²) in [6.45, 7) is 5.18. The normalized spacial score (nSPS) is 13.0. The summed E-state index contributed by atoms with van der Waals surface area (Å²) in [4.78, 5) is 4.11. The van der Waals surface area contributed by atoms with E-state index in [2.05, 4.69) is 10.3 Å². The van der Waals surface area contributed by atoms with E-state index in [0.29, 0.717) is 13.2 Å². The van der Waals surface area contributed by atoms with Gasteiger partial charge in [0.1, 0.15) is 0 Å². The van der Waals surface area contributed by atoms with E-state index in [0.717, 1.165) is 5.56 Å². The fourth-order valence-corrected chi connectivity index (χ4v) is 1.59. The predicted octanol–water partition coefficient (Wildman–Crippen LogP) is 1.74. The van der Waals surface area contributed by atoms with Crippen LogP contribution in [0.5, 0.6) is 0 Å². The van der Waals surface area contributed by atoms with Crippen molar-refractivity contribution in [2.75, 3.05) is 20.3 Å². The van der Waals surface area contributed by atoms with E-state index >= 15 is 0 Å². The van der Waals surface area contributed by atoms with Crippen LogP contribution in [0.15, 0.2) is 24.5 Å². The lowest BCUT2D eigenvalue weighted by molar-refractivity contribution is -0.154. The number of likely N-dealkylation sites (N-methyl/N-ethyl adjacent to an activating group) is 1. The van der Waals surface area contributed by atoms with Crippen molar-refractivity contribution in [3.63, 3.8) is 0 Å². The van der Waals surface area contributed by atoms with E-state index in [9.17, 15) is 0 Å². The van der Waals surface area contributed by atoms with Gasteiger partial charge in [-0.2, -0.15) is 0 Å². The maximum atomic E-state index is 5.58. The van der Waals surface area contributed by atoms with Gasteiger partial charge in [0.25, 0.3) is 0 Å². The molecule has 1 N–H and O–H groups in total. The number of pyridine rings is 1. The Bertz CT molecular complexity index is 274. The number of hydrogen-bond donors (Lipinski definition) is 1. The maximum absolute atomic E-state index is 5.58. The first-order valence-corrected chi connectivity index (χ1v) is 5.63. The Morgan fingerprint density at radius 2 is 2.00 bits per heavy atom. The predicted molar refractivity (Wildman–Crippen MR) is 63.1 cm³/mol. The summed E-state index contributed by atoms with van der Waals surface area (Å²) in [5.74, 6) is 0. The van der Waals surface area contributed by atoms with E-state index in [-0.39, 0.29) is 12.3 Å². The van der Waals surface area contributed by atoms with Gasteiger partial charge in [-0.15, -0.1) is 0 Å². The average Bonchev–Trinajstić information content (AvgIpc) is 2.32. The topological polar surface area (TPSA) is 43.4 Å². The second-order valence-corrected chi connectivity index (χ2v) is 3.33. The Labute approximate surface area is 97.0 Å². The molecule has 0 aromatic carbocycles. The molecule has 4 heteroatoms. The largest absolute Gasteiger partial charge is 0.351 e. The molecular weight excluding hydrogens is 204 g/mol. The van der Waals surface area contributed by atoms with E-state index in [1.165, 1.54) is 0 Å². The zero-order valence-corrected chi connectivity index (χ0v) is 10.1. The summed E-state index contributed by atoms with van der Waals surface area (Å²) in [7, 11) is 1.89. The summed E-state index contributed by atoms with van der Waals surface area (Å²) in [5.41, 5.74) is 1.07. The molecule has 1 atom stereocenters. The number of nitrogens with zero attached hydrogens (tertiary/aromatic N) is 1. The smallest absolute Gasteiger partial charge is 0.176 e. The summed E-state index contributed by atoms with van der Waals surface area (Å²) >= 11 is 0. The van der Waals surface area contributed by atoms with Crippen molar-refractivity contribution in [2.24, 2.45) is 0 Å². The molecular formula is C12H20N2O2. The van der Waals surface area contributed by atoms with Crippen LogP contribution in [0, 0.1) is 0 Å². The second-order valence-electron chi connectivity index (χ2n) is 3.33. The molecule has 0 saturated heterocycles. The lowest BCUT2D eigenvalue weighted by Crippen LogP contribution is -2.34. The minimum absolute atomic E-state index is 0.00796. The fourth-order valence-electron chi connectivity index (χ4n) is 1.59. The molecule has 0 saturated carbocycles. The van der Waals surface area contributed by atoms with Gasteiger partial charge in [0.15, 0.2) is 6.29 Å². The molecule has 0 radical (unpaired) electrons. The lowest BCUT2D eigenvalue weighted by Gasteiger charge is -2.26. The van der Waals surface area contributed by atoms with Gasteiger partial charge in [-0.1, -0.05) is 6.07 Å². The van der Waals surface area contributed by atoms with Gasteiger partial charge in [0.2, 0.25) is 0 Å². The summed E-state index contributed by atoms with van der Waals surface area (Å²) < 4.78 is 11.2. The molecule has 1 aromatic heterocycles. The van der Waals surface area contributed by atoms with Crippen molar-refractivity contribution in [3.05, 3.63) is 30.1 Å². The minimum Gasteiger partial charge on any atom is -0.351 e. The highest BCUT2D eigenvalue weighted by atomic mass is 16.7. The molecule has 0 aliphatic rings.